The van der Waals surface area contributed by atoms with Crippen molar-refractivity contribution in [3.05, 3.63) is 112 Å². The van der Waals surface area contributed by atoms with Crippen molar-refractivity contribution in [1.29, 1.82) is 0 Å². The van der Waals surface area contributed by atoms with Crippen molar-refractivity contribution in [1.82, 2.24) is 9.91 Å². The number of rotatable bonds is 8. The number of amides is 4. The zero-order valence-electron chi connectivity index (χ0n) is 29.4. The van der Waals surface area contributed by atoms with Crippen LogP contribution in [-0.4, -0.2) is 51.8 Å². The van der Waals surface area contributed by atoms with Gasteiger partial charge < -0.3 is 9.84 Å². The third kappa shape index (κ3) is 5.41. The first-order chi connectivity index (χ1) is 25.6. The van der Waals surface area contributed by atoms with Crippen LogP contribution in [0.3, 0.4) is 0 Å². The number of hydrazine groups is 1. The summed E-state index contributed by atoms with van der Waals surface area (Å²) in [6.07, 6.45) is 9.15. The molecule has 0 aromatic heterocycles. The summed E-state index contributed by atoms with van der Waals surface area (Å²) in [6.45, 7) is 3.88. The number of benzene rings is 3. The fraction of sp³-hybridized carbons (Fsp3) is 0.381. The Morgan fingerprint density at radius 3 is 2.42 bits per heavy atom. The zero-order valence-corrected chi connectivity index (χ0v) is 30.9. The minimum atomic E-state index is -1.57. The second kappa shape index (κ2) is 13.7. The minimum absolute atomic E-state index is 0.00206. The van der Waals surface area contributed by atoms with Gasteiger partial charge in [-0.05, 0) is 79.5 Å². The van der Waals surface area contributed by atoms with E-state index in [2.05, 4.69) is 12.0 Å². The van der Waals surface area contributed by atoms with E-state index in [-0.39, 0.29) is 35.0 Å². The highest BCUT2D eigenvalue weighted by Crippen LogP contribution is 2.65. The first kappa shape index (κ1) is 35.4. The van der Waals surface area contributed by atoms with Gasteiger partial charge in [0.2, 0.25) is 11.8 Å². The normalized spacial score (nSPS) is 28.4. The Balaban J connectivity index is 1.34. The summed E-state index contributed by atoms with van der Waals surface area (Å²) in [5.41, 5.74) is 4.18. The van der Waals surface area contributed by atoms with E-state index in [1.807, 2.05) is 18.2 Å². The number of para-hydroxylation sites is 1. The number of nitrogens with one attached hydrogen (secondary N) is 1. The van der Waals surface area contributed by atoms with E-state index in [9.17, 15) is 19.5 Å². The monoisotopic (exact) mass is 753 g/mol. The average Bonchev–Trinajstić information content (AvgIpc) is 3.54. The van der Waals surface area contributed by atoms with Gasteiger partial charge >= 0.3 is 0 Å². The van der Waals surface area contributed by atoms with Gasteiger partial charge in [0.1, 0.15) is 11.5 Å². The standard InChI is InChI=1S/C42H41Cl2N3O6/c1-3-8-23-9-7-12-30(37(23)48)36-28-18-19-29-35(40(51)46(38(29)49)26-10-5-4-6-11-26)31(28)22-32-39(50)47(45-34-20-15-25(43)21-33(34)44)41(52)42(32,36)24-13-16-27(53-2)17-14-24/h3,7,9,12-18,20-21,26,29,31-32,35-36,45,48H,1,4-6,8,10-11,19,22H2,2H3. The first-order valence-electron chi connectivity index (χ1n) is 18.3. The number of hydrogen-bond donors (Lipinski definition) is 2. The number of phenols is 1. The number of hydrogen-bond acceptors (Lipinski definition) is 7. The van der Waals surface area contributed by atoms with Gasteiger partial charge in [-0.15, -0.1) is 6.58 Å². The molecule has 2 saturated heterocycles. The molecule has 53 heavy (non-hydrogen) atoms. The molecule has 0 spiro atoms. The molecule has 2 aliphatic heterocycles. The molecule has 3 aromatic carbocycles. The quantitative estimate of drug-likeness (QED) is 0.179. The van der Waals surface area contributed by atoms with Gasteiger partial charge in [0, 0.05) is 22.5 Å². The molecule has 4 amide bonds. The van der Waals surface area contributed by atoms with Crippen LogP contribution in [0.4, 0.5) is 5.69 Å². The third-order valence-corrected chi connectivity index (χ3v) is 12.9. The van der Waals surface area contributed by atoms with Gasteiger partial charge in [-0.1, -0.05) is 90.5 Å². The van der Waals surface area contributed by atoms with Crippen LogP contribution in [0.25, 0.3) is 0 Å². The topological polar surface area (TPSA) is 116 Å². The first-order valence-corrected chi connectivity index (χ1v) is 19.1. The van der Waals surface area contributed by atoms with Gasteiger partial charge in [0.15, 0.2) is 0 Å². The molecule has 3 aliphatic carbocycles. The van der Waals surface area contributed by atoms with Crippen LogP contribution >= 0.6 is 23.2 Å². The second-order valence-corrected chi connectivity index (χ2v) is 15.7. The van der Waals surface area contributed by atoms with E-state index < -0.39 is 46.8 Å². The van der Waals surface area contributed by atoms with Crippen LogP contribution in [0.2, 0.25) is 10.0 Å². The molecular weight excluding hydrogens is 713 g/mol. The molecule has 2 N–H and O–H groups in total. The molecule has 5 aliphatic rings. The van der Waals surface area contributed by atoms with Crippen LogP contribution in [0.1, 0.15) is 67.6 Å². The Hall–Kier alpha value is -4.60. The lowest BCUT2D eigenvalue weighted by atomic mass is 9.49. The van der Waals surface area contributed by atoms with Crippen molar-refractivity contribution in [3.8, 4) is 11.5 Å². The predicted molar refractivity (Wildman–Crippen MR) is 201 cm³/mol. The third-order valence-electron chi connectivity index (χ3n) is 12.4. The van der Waals surface area contributed by atoms with E-state index in [1.54, 1.807) is 55.7 Å². The molecule has 6 unspecified atom stereocenters. The number of likely N-dealkylation sites (tertiary alicyclic amines) is 1. The summed E-state index contributed by atoms with van der Waals surface area (Å²) in [5, 5.41) is 13.7. The highest BCUT2D eigenvalue weighted by atomic mass is 35.5. The number of allylic oxidation sites excluding steroid dienone is 3. The van der Waals surface area contributed by atoms with E-state index in [0.29, 0.717) is 46.0 Å². The summed E-state index contributed by atoms with van der Waals surface area (Å²) >= 11 is 12.8. The van der Waals surface area contributed by atoms with Crippen LogP contribution < -0.4 is 10.2 Å². The molecule has 6 atom stereocenters. The lowest BCUT2D eigenvalue weighted by molar-refractivity contribution is -0.144. The van der Waals surface area contributed by atoms with E-state index in [4.69, 9.17) is 27.9 Å². The molecule has 2 saturated carbocycles. The largest absolute Gasteiger partial charge is 0.507 e. The number of aromatic hydroxyl groups is 1. The van der Waals surface area contributed by atoms with Crippen molar-refractivity contribution < 1.29 is 29.0 Å². The fourth-order valence-corrected chi connectivity index (χ4v) is 10.5. The van der Waals surface area contributed by atoms with Crippen LogP contribution in [0.5, 0.6) is 11.5 Å². The van der Waals surface area contributed by atoms with E-state index >= 15 is 4.79 Å². The van der Waals surface area contributed by atoms with Crippen LogP contribution in [0.15, 0.2) is 85.0 Å². The van der Waals surface area contributed by atoms with Crippen molar-refractivity contribution in [3.63, 3.8) is 0 Å². The van der Waals surface area contributed by atoms with Crippen LogP contribution in [0, 0.1) is 23.7 Å². The molecule has 4 fully saturated rings. The maximum absolute atomic E-state index is 15.5. The average molecular weight is 755 g/mol. The van der Waals surface area contributed by atoms with Crippen molar-refractivity contribution in [2.75, 3.05) is 12.5 Å². The predicted octanol–water partition coefficient (Wildman–Crippen LogP) is 7.75. The van der Waals surface area contributed by atoms with E-state index in [0.717, 1.165) is 42.7 Å². The molecule has 274 valence electrons. The number of anilines is 1. The van der Waals surface area contributed by atoms with Gasteiger partial charge in [-0.2, -0.15) is 5.01 Å². The summed E-state index contributed by atoms with van der Waals surface area (Å²) in [5.74, 6) is -4.41. The SMILES string of the molecule is C=CCc1cccc(C2C3=CCC4C(=O)N(C5CCCCC5)C(=O)C4C3CC3C(=O)N(Nc4ccc(Cl)cc4Cl)C(=O)C32c2ccc(OC)cc2)c1O. The molecule has 0 radical (unpaired) electrons. The summed E-state index contributed by atoms with van der Waals surface area (Å²) in [6, 6.07) is 17.2. The molecule has 0 bridgehead atoms. The molecule has 3 aromatic rings. The molecule has 2 heterocycles. The Bertz CT molecular complexity index is 2060. The summed E-state index contributed by atoms with van der Waals surface area (Å²) in [4.78, 5) is 60.7. The van der Waals surface area contributed by atoms with Gasteiger partial charge in [0.05, 0.1) is 41.0 Å². The second-order valence-electron chi connectivity index (χ2n) is 14.9. The molecule has 11 heteroatoms. The summed E-state index contributed by atoms with van der Waals surface area (Å²) < 4.78 is 5.49. The Kier molecular flexibility index (Phi) is 9.14. The number of phenolic OH excluding ortho intramolecular Hbond substituents is 1. The van der Waals surface area contributed by atoms with Crippen molar-refractivity contribution in [2.45, 2.75) is 68.7 Å². The Labute approximate surface area is 318 Å². The number of methoxy groups -OCH3 is 1. The smallest absolute Gasteiger partial charge is 0.260 e. The lowest BCUT2D eigenvalue weighted by Gasteiger charge is -2.50. The number of fused-ring (bicyclic) bond motifs is 4. The number of ether oxygens (including phenoxy) is 1. The number of halogens is 2. The lowest BCUT2D eigenvalue weighted by Crippen LogP contribution is -2.53. The zero-order chi connectivity index (χ0) is 37.2. The fourth-order valence-electron chi connectivity index (χ4n) is 10.1. The molecular formula is C42H41Cl2N3O6. The molecule has 9 nitrogen and oxygen atoms in total. The highest BCUT2D eigenvalue weighted by molar-refractivity contribution is 6.36. The van der Waals surface area contributed by atoms with Gasteiger partial charge in [-0.3, -0.25) is 29.5 Å². The van der Waals surface area contributed by atoms with Gasteiger partial charge in [0.25, 0.3) is 11.8 Å². The van der Waals surface area contributed by atoms with Gasteiger partial charge in [-0.25, -0.2) is 0 Å². The minimum Gasteiger partial charge on any atom is -0.507 e. The molecule has 8 rings (SSSR count). The van der Waals surface area contributed by atoms with E-state index in [1.165, 1.54) is 11.0 Å². The number of carbonyl (C=O) groups is 4. The van der Waals surface area contributed by atoms with Crippen molar-refractivity contribution >= 4 is 52.5 Å². The summed E-state index contributed by atoms with van der Waals surface area (Å²) in [7, 11) is 1.55. The van der Waals surface area contributed by atoms with Crippen molar-refractivity contribution in [2.24, 2.45) is 23.7 Å². The number of carbonyl (C=O) groups excluding carboxylic acids is 4. The number of imide groups is 2. The number of nitrogens with zero attached hydrogens (tertiary/aromatic N) is 2. The van der Waals surface area contributed by atoms with Crippen LogP contribution in [-0.2, 0) is 31.0 Å². The Morgan fingerprint density at radius 2 is 1.72 bits per heavy atom. The maximum atomic E-state index is 15.5. The Morgan fingerprint density at radius 1 is 0.962 bits per heavy atom. The highest BCUT2D eigenvalue weighted by Gasteiger charge is 2.71. The maximum Gasteiger partial charge on any atom is 0.260 e.